The quantitative estimate of drug-likeness (QED) is 0.718. The van der Waals surface area contributed by atoms with Gasteiger partial charge in [0.05, 0.1) is 5.92 Å². The van der Waals surface area contributed by atoms with Crippen LogP contribution in [0.1, 0.15) is 33.3 Å². The second-order valence-corrected chi connectivity index (χ2v) is 7.15. The summed E-state index contributed by atoms with van der Waals surface area (Å²) in [6.07, 6.45) is -1.25. The van der Waals surface area contributed by atoms with Crippen molar-refractivity contribution >= 4 is 18.2 Å². The van der Waals surface area contributed by atoms with Gasteiger partial charge in [0.2, 0.25) is 0 Å². The van der Waals surface area contributed by atoms with Gasteiger partial charge in [0.1, 0.15) is 12.2 Å². The van der Waals surface area contributed by atoms with Gasteiger partial charge in [-0.1, -0.05) is 37.3 Å². The number of ether oxygens (including phenoxy) is 2. The molecule has 150 valence electrons. The fraction of sp³-hybridized carbons (Fsp3) is 0.526. The van der Waals surface area contributed by atoms with Crippen molar-refractivity contribution < 1.29 is 29.0 Å². The molecule has 0 aliphatic rings. The fourth-order valence-corrected chi connectivity index (χ4v) is 2.08. The topological polar surface area (TPSA) is 105 Å². The third-order valence-corrected chi connectivity index (χ3v) is 3.43. The van der Waals surface area contributed by atoms with Gasteiger partial charge in [-0.3, -0.25) is 4.79 Å². The summed E-state index contributed by atoms with van der Waals surface area (Å²) in [5.41, 5.74) is 0.194. The summed E-state index contributed by atoms with van der Waals surface area (Å²) in [7, 11) is 0. The Labute approximate surface area is 159 Å². The number of alkyl carbamates (subject to hydrolysis) is 1. The van der Waals surface area contributed by atoms with Crippen molar-refractivity contribution in [2.75, 3.05) is 19.6 Å². The van der Waals surface area contributed by atoms with Gasteiger partial charge in [-0.05, 0) is 26.3 Å². The molecule has 27 heavy (non-hydrogen) atoms. The van der Waals surface area contributed by atoms with Gasteiger partial charge in [-0.15, -0.1) is 0 Å². The molecule has 1 aromatic carbocycles. The number of carboxylic acids is 1. The Balaban J connectivity index is 2.59. The lowest BCUT2D eigenvalue weighted by molar-refractivity contribution is -0.141. The fourth-order valence-electron chi connectivity index (χ4n) is 2.08. The number of hydrogen-bond donors (Lipinski definition) is 2. The predicted molar refractivity (Wildman–Crippen MR) is 99.2 cm³/mol. The molecule has 0 fully saturated rings. The number of hydrogen-bond acceptors (Lipinski definition) is 5. The molecule has 0 aliphatic heterocycles. The predicted octanol–water partition coefficient (Wildman–Crippen LogP) is 2.87. The van der Waals surface area contributed by atoms with Crippen LogP contribution in [0.25, 0.3) is 0 Å². The van der Waals surface area contributed by atoms with Crippen molar-refractivity contribution in [1.29, 1.82) is 0 Å². The van der Waals surface area contributed by atoms with E-state index in [-0.39, 0.29) is 26.2 Å². The minimum absolute atomic E-state index is 0.0288. The number of aliphatic carboxylic acids is 1. The van der Waals surface area contributed by atoms with Crippen LogP contribution >= 0.6 is 0 Å². The van der Waals surface area contributed by atoms with Crippen LogP contribution in [-0.4, -0.2) is 53.4 Å². The molecule has 8 nitrogen and oxygen atoms in total. The molecule has 0 bridgehead atoms. The molecule has 0 saturated heterocycles. The lowest BCUT2D eigenvalue weighted by Crippen LogP contribution is -2.43. The first kappa shape index (κ1) is 22.3. The summed E-state index contributed by atoms with van der Waals surface area (Å²) in [4.78, 5) is 36.4. The Hall–Kier alpha value is -2.77. The molecule has 0 radical (unpaired) electrons. The second kappa shape index (κ2) is 10.4. The van der Waals surface area contributed by atoms with Crippen molar-refractivity contribution in [3.8, 4) is 0 Å². The Bertz CT molecular complexity index is 627. The van der Waals surface area contributed by atoms with E-state index in [1.54, 1.807) is 20.8 Å². The molecule has 0 aromatic heterocycles. The van der Waals surface area contributed by atoms with Crippen LogP contribution in [0.5, 0.6) is 0 Å². The van der Waals surface area contributed by atoms with E-state index in [2.05, 4.69) is 5.32 Å². The molecule has 0 aliphatic carbocycles. The smallest absolute Gasteiger partial charge is 0.410 e. The SMILES string of the molecule is C[C@@H](CN(CCNC(=O)OC(C)(C)C)C(=O)OCc1ccccc1)C(=O)O. The van der Waals surface area contributed by atoms with E-state index in [1.807, 2.05) is 30.3 Å². The summed E-state index contributed by atoms with van der Waals surface area (Å²) in [5.74, 6) is -1.79. The Morgan fingerprint density at radius 3 is 2.37 bits per heavy atom. The van der Waals surface area contributed by atoms with E-state index in [0.717, 1.165) is 5.56 Å². The van der Waals surface area contributed by atoms with Gasteiger partial charge < -0.3 is 24.8 Å². The van der Waals surface area contributed by atoms with E-state index >= 15 is 0 Å². The van der Waals surface area contributed by atoms with E-state index in [9.17, 15) is 14.4 Å². The minimum atomic E-state index is -1.02. The maximum absolute atomic E-state index is 12.3. The Kier molecular flexibility index (Phi) is 8.58. The first-order chi connectivity index (χ1) is 12.6. The maximum atomic E-state index is 12.3. The van der Waals surface area contributed by atoms with Gasteiger partial charge in [-0.2, -0.15) is 0 Å². The van der Waals surface area contributed by atoms with Crippen LogP contribution in [0.2, 0.25) is 0 Å². The molecule has 0 heterocycles. The number of amides is 2. The van der Waals surface area contributed by atoms with Crippen LogP contribution in [0.15, 0.2) is 30.3 Å². The van der Waals surface area contributed by atoms with Gasteiger partial charge in [-0.25, -0.2) is 9.59 Å². The van der Waals surface area contributed by atoms with Crippen molar-refractivity contribution in [2.24, 2.45) is 5.92 Å². The number of rotatable bonds is 8. The third-order valence-electron chi connectivity index (χ3n) is 3.43. The largest absolute Gasteiger partial charge is 0.481 e. The van der Waals surface area contributed by atoms with E-state index < -0.39 is 29.7 Å². The van der Waals surface area contributed by atoms with Crippen LogP contribution in [0.3, 0.4) is 0 Å². The summed E-state index contributed by atoms with van der Waals surface area (Å²) in [5, 5.41) is 11.6. The molecule has 0 saturated carbocycles. The summed E-state index contributed by atoms with van der Waals surface area (Å²) in [6, 6.07) is 9.16. The average Bonchev–Trinajstić information content (AvgIpc) is 2.57. The van der Waals surface area contributed by atoms with Crippen LogP contribution < -0.4 is 5.32 Å². The molecule has 8 heteroatoms. The number of nitrogens with one attached hydrogen (secondary N) is 1. The van der Waals surface area contributed by atoms with Gasteiger partial charge in [0.15, 0.2) is 0 Å². The molecule has 1 atom stereocenters. The van der Waals surface area contributed by atoms with E-state index in [1.165, 1.54) is 11.8 Å². The summed E-state index contributed by atoms with van der Waals surface area (Å²) in [6.45, 7) is 7.00. The highest BCUT2D eigenvalue weighted by Crippen LogP contribution is 2.08. The monoisotopic (exact) mass is 380 g/mol. The highest BCUT2D eigenvalue weighted by molar-refractivity contribution is 5.72. The van der Waals surface area contributed by atoms with E-state index in [0.29, 0.717) is 0 Å². The Morgan fingerprint density at radius 1 is 1.19 bits per heavy atom. The molecule has 1 aromatic rings. The van der Waals surface area contributed by atoms with Gasteiger partial charge >= 0.3 is 18.2 Å². The number of carboxylic acid groups (broad SMARTS) is 1. The maximum Gasteiger partial charge on any atom is 0.410 e. The molecule has 2 amide bonds. The second-order valence-electron chi connectivity index (χ2n) is 7.15. The van der Waals surface area contributed by atoms with Crippen LogP contribution in [0, 0.1) is 5.92 Å². The number of nitrogens with zero attached hydrogens (tertiary/aromatic N) is 1. The number of carbonyl (C=O) groups is 3. The standard InChI is InChI=1S/C19H28N2O6/c1-14(16(22)23)12-21(11-10-20-17(24)27-19(2,3)4)18(25)26-13-15-8-6-5-7-9-15/h5-9,14H,10-13H2,1-4H3,(H,20,24)(H,22,23)/t14-/m0/s1. The van der Waals surface area contributed by atoms with Crippen molar-refractivity contribution in [2.45, 2.75) is 39.9 Å². The molecular weight excluding hydrogens is 352 g/mol. The van der Waals surface area contributed by atoms with Crippen molar-refractivity contribution in [3.05, 3.63) is 35.9 Å². The first-order valence-electron chi connectivity index (χ1n) is 8.74. The molecule has 0 unspecified atom stereocenters. The van der Waals surface area contributed by atoms with Gasteiger partial charge in [0.25, 0.3) is 0 Å². The van der Waals surface area contributed by atoms with Crippen LogP contribution in [-0.2, 0) is 20.9 Å². The zero-order valence-electron chi connectivity index (χ0n) is 16.2. The highest BCUT2D eigenvalue weighted by atomic mass is 16.6. The zero-order chi connectivity index (χ0) is 20.4. The third kappa shape index (κ3) is 9.48. The molecule has 2 N–H and O–H groups in total. The summed E-state index contributed by atoms with van der Waals surface area (Å²) < 4.78 is 10.4. The van der Waals surface area contributed by atoms with Crippen LogP contribution in [0.4, 0.5) is 9.59 Å². The molecule has 0 spiro atoms. The van der Waals surface area contributed by atoms with Crippen molar-refractivity contribution in [3.63, 3.8) is 0 Å². The minimum Gasteiger partial charge on any atom is -0.481 e. The number of carbonyl (C=O) groups excluding carboxylic acids is 2. The number of benzene rings is 1. The van der Waals surface area contributed by atoms with Crippen molar-refractivity contribution in [1.82, 2.24) is 10.2 Å². The summed E-state index contributed by atoms with van der Waals surface area (Å²) >= 11 is 0. The Morgan fingerprint density at radius 2 is 1.81 bits per heavy atom. The van der Waals surface area contributed by atoms with Gasteiger partial charge in [0, 0.05) is 19.6 Å². The highest BCUT2D eigenvalue weighted by Gasteiger charge is 2.22. The van der Waals surface area contributed by atoms with E-state index in [4.69, 9.17) is 14.6 Å². The normalized spacial score (nSPS) is 12.0. The zero-order valence-corrected chi connectivity index (χ0v) is 16.2. The first-order valence-corrected chi connectivity index (χ1v) is 8.74. The molecule has 1 rings (SSSR count). The molecular formula is C19H28N2O6. The lowest BCUT2D eigenvalue weighted by Gasteiger charge is -2.25. The average molecular weight is 380 g/mol. The lowest BCUT2D eigenvalue weighted by atomic mass is 10.2.